The van der Waals surface area contributed by atoms with Gasteiger partial charge in [-0.3, -0.25) is 9.59 Å². The van der Waals surface area contributed by atoms with Crippen molar-refractivity contribution in [2.24, 2.45) is 0 Å². The fourth-order valence-corrected chi connectivity index (χ4v) is 3.73. The molecule has 2 rings (SSSR count). The highest BCUT2D eigenvalue weighted by Crippen LogP contribution is 2.17. The second kappa shape index (κ2) is 11.0. The van der Waals surface area contributed by atoms with Crippen LogP contribution in [0.15, 0.2) is 35.7 Å². The van der Waals surface area contributed by atoms with Crippen molar-refractivity contribution in [3.05, 3.63) is 41.3 Å². The number of rotatable bonds is 8. The number of ether oxygens (including phenoxy) is 1. The summed E-state index contributed by atoms with van der Waals surface area (Å²) in [6, 6.07) is 9.03. The van der Waals surface area contributed by atoms with Gasteiger partial charge in [-0.2, -0.15) is 0 Å². The van der Waals surface area contributed by atoms with Gasteiger partial charge >= 0.3 is 5.97 Å². The standard InChI is InChI=1S/C20H28N2O5S/c1-16(20(24)22-18-11-7-2-3-8-12-18)27-19(23)15-21-28(25,26)14-13-17-9-5-4-6-10-17/h4-6,9-10,13-14,16,18,21H,2-3,7-8,11-12,15H2,1H3,(H,22,24)/b14-13+/t16-/m1/s1. The normalized spacial score (nSPS) is 17.0. The molecular weight excluding hydrogens is 380 g/mol. The van der Waals surface area contributed by atoms with Crippen LogP contribution < -0.4 is 10.0 Å². The summed E-state index contributed by atoms with van der Waals surface area (Å²) >= 11 is 0. The zero-order valence-electron chi connectivity index (χ0n) is 16.1. The minimum Gasteiger partial charge on any atom is -0.452 e. The number of benzene rings is 1. The third-order valence-electron chi connectivity index (χ3n) is 4.54. The van der Waals surface area contributed by atoms with Crippen LogP contribution in [0.1, 0.15) is 51.0 Å². The van der Waals surface area contributed by atoms with Crippen molar-refractivity contribution in [2.45, 2.75) is 57.6 Å². The SMILES string of the molecule is C[C@@H](OC(=O)CNS(=O)(=O)/C=C/c1ccccc1)C(=O)NC1CCCCCC1. The van der Waals surface area contributed by atoms with Crippen molar-refractivity contribution in [3.8, 4) is 0 Å². The molecule has 1 saturated carbocycles. The molecule has 0 unspecified atom stereocenters. The Bertz CT molecular complexity index is 769. The van der Waals surface area contributed by atoms with Gasteiger partial charge in [0, 0.05) is 11.4 Å². The molecule has 1 aliphatic rings. The Hall–Kier alpha value is -2.19. The third-order valence-corrected chi connectivity index (χ3v) is 5.58. The molecule has 1 amide bonds. The Morgan fingerprint density at radius 3 is 2.43 bits per heavy atom. The largest absolute Gasteiger partial charge is 0.452 e. The molecule has 2 N–H and O–H groups in total. The average Bonchev–Trinajstić information content (AvgIpc) is 2.94. The van der Waals surface area contributed by atoms with E-state index in [2.05, 4.69) is 10.0 Å². The first kappa shape index (κ1) is 22.1. The summed E-state index contributed by atoms with van der Waals surface area (Å²) in [6.07, 6.45) is 6.83. The number of amides is 1. The lowest BCUT2D eigenvalue weighted by molar-refractivity contribution is -0.153. The molecule has 0 aliphatic heterocycles. The summed E-state index contributed by atoms with van der Waals surface area (Å²) in [6.45, 7) is 0.941. The Labute approximate surface area is 166 Å². The minimum atomic E-state index is -3.79. The van der Waals surface area contributed by atoms with E-state index >= 15 is 0 Å². The van der Waals surface area contributed by atoms with Crippen molar-refractivity contribution >= 4 is 28.0 Å². The second-order valence-corrected chi connectivity index (χ2v) is 8.56. The molecule has 1 fully saturated rings. The molecule has 8 heteroatoms. The van der Waals surface area contributed by atoms with E-state index < -0.39 is 28.6 Å². The predicted molar refractivity (Wildman–Crippen MR) is 108 cm³/mol. The maximum atomic E-state index is 12.2. The summed E-state index contributed by atoms with van der Waals surface area (Å²) in [7, 11) is -3.79. The van der Waals surface area contributed by atoms with Crippen molar-refractivity contribution in [3.63, 3.8) is 0 Å². The smallest absolute Gasteiger partial charge is 0.321 e. The molecule has 0 aromatic heterocycles. The minimum absolute atomic E-state index is 0.109. The Balaban J connectivity index is 1.75. The van der Waals surface area contributed by atoms with Crippen LogP contribution in [0.5, 0.6) is 0 Å². The van der Waals surface area contributed by atoms with Crippen LogP contribution >= 0.6 is 0 Å². The number of hydrogen-bond acceptors (Lipinski definition) is 5. The second-order valence-electron chi connectivity index (χ2n) is 6.91. The molecule has 1 atom stereocenters. The number of esters is 1. The number of nitrogens with one attached hydrogen (secondary N) is 2. The van der Waals surface area contributed by atoms with Gasteiger partial charge in [-0.1, -0.05) is 56.0 Å². The van der Waals surface area contributed by atoms with E-state index in [1.165, 1.54) is 25.8 Å². The Morgan fingerprint density at radius 1 is 1.14 bits per heavy atom. The Kier molecular flexibility index (Phi) is 8.66. The van der Waals surface area contributed by atoms with Gasteiger partial charge in [0.05, 0.1) is 0 Å². The first-order chi connectivity index (χ1) is 13.4. The maximum Gasteiger partial charge on any atom is 0.321 e. The van der Waals surface area contributed by atoms with Crippen LogP contribution in [0.3, 0.4) is 0 Å². The lowest BCUT2D eigenvalue weighted by atomic mass is 10.1. The van der Waals surface area contributed by atoms with Gasteiger partial charge in [0.2, 0.25) is 10.0 Å². The van der Waals surface area contributed by atoms with Gasteiger partial charge in [0.1, 0.15) is 6.54 Å². The highest BCUT2D eigenvalue weighted by atomic mass is 32.2. The van der Waals surface area contributed by atoms with Crippen LogP contribution in [0.2, 0.25) is 0 Å². The molecule has 1 aromatic carbocycles. The zero-order valence-corrected chi connectivity index (χ0v) is 16.9. The van der Waals surface area contributed by atoms with Crippen LogP contribution in [0.4, 0.5) is 0 Å². The maximum absolute atomic E-state index is 12.2. The number of carbonyl (C=O) groups excluding carboxylic acids is 2. The van der Waals surface area contributed by atoms with Gasteiger partial charge in [0.15, 0.2) is 6.10 Å². The van der Waals surface area contributed by atoms with Crippen molar-refractivity contribution < 1.29 is 22.7 Å². The number of hydrogen-bond donors (Lipinski definition) is 2. The molecule has 0 radical (unpaired) electrons. The van der Waals surface area contributed by atoms with Gasteiger partial charge in [-0.25, -0.2) is 13.1 Å². The molecule has 0 bridgehead atoms. The topological polar surface area (TPSA) is 102 Å². The van der Waals surface area contributed by atoms with E-state index in [1.54, 1.807) is 24.3 Å². The first-order valence-corrected chi connectivity index (χ1v) is 11.1. The van der Waals surface area contributed by atoms with E-state index in [9.17, 15) is 18.0 Å². The molecular formula is C20H28N2O5S. The van der Waals surface area contributed by atoms with Crippen LogP contribution in [-0.2, 0) is 24.3 Å². The highest BCUT2D eigenvalue weighted by molar-refractivity contribution is 7.92. The quantitative estimate of drug-likeness (QED) is 0.508. The zero-order chi connectivity index (χ0) is 20.4. The van der Waals surface area contributed by atoms with Crippen molar-refractivity contribution in [1.82, 2.24) is 10.0 Å². The average molecular weight is 409 g/mol. The van der Waals surface area contributed by atoms with Crippen molar-refractivity contribution in [2.75, 3.05) is 6.54 Å². The fraction of sp³-hybridized carbons (Fsp3) is 0.500. The van der Waals surface area contributed by atoms with E-state index in [0.29, 0.717) is 0 Å². The summed E-state index contributed by atoms with van der Waals surface area (Å²) < 4.78 is 31.1. The summed E-state index contributed by atoms with van der Waals surface area (Å²) in [5, 5.41) is 3.89. The third kappa shape index (κ3) is 8.22. The van der Waals surface area contributed by atoms with E-state index in [-0.39, 0.29) is 11.9 Å². The molecule has 7 nitrogen and oxygen atoms in total. The number of sulfonamides is 1. The van der Waals surface area contributed by atoms with Crippen LogP contribution in [0, 0.1) is 0 Å². The molecule has 1 aliphatic carbocycles. The summed E-state index contributed by atoms with van der Waals surface area (Å²) in [5.41, 5.74) is 0.722. The number of carbonyl (C=O) groups is 2. The highest BCUT2D eigenvalue weighted by Gasteiger charge is 2.22. The molecule has 0 saturated heterocycles. The summed E-state index contributed by atoms with van der Waals surface area (Å²) in [5.74, 6) is -1.16. The molecule has 1 aromatic rings. The lowest BCUT2D eigenvalue weighted by Crippen LogP contribution is -2.43. The van der Waals surface area contributed by atoms with Gasteiger partial charge in [-0.05, 0) is 31.4 Å². The van der Waals surface area contributed by atoms with Crippen LogP contribution in [0.25, 0.3) is 6.08 Å². The van der Waals surface area contributed by atoms with Gasteiger partial charge in [-0.15, -0.1) is 0 Å². The van der Waals surface area contributed by atoms with Crippen molar-refractivity contribution in [1.29, 1.82) is 0 Å². The molecule has 0 spiro atoms. The van der Waals surface area contributed by atoms with E-state index in [1.807, 2.05) is 6.07 Å². The van der Waals surface area contributed by atoms with Crippen LogP contribution in [-0.4, -0.2) is 39.0 Å². The molecule has 28 heavy (non-hydrogen) atoms. The van der Waals surface area contributed by atoms with Gasteiger partial charge in [0.25, 0.3) is 5.91 Å². The predicted octanol–water partition coefficient (Wildman–Crippen LogP) is 2.35. The fourth-order valence-electron chi connectivity index (χ4n) is 2.97. The Morgan fingerprint density at radius 2 is 1.79 bits per heavy atom. The first-order valence-electron chi connectivity index (χ1n) is 9.58. The molecule has 0 heterocycles. The monoisotopic (exact) mass is 408 g/mol. The lowest BCUT2D eigenvalue weighted by Gasteiger charge is -2.19. The van der Waals surface area contributed by atoms with E-state index in [0.717, 1.165) is 36.7 Å². The van der Waals surface area contributed by atoms with E-state index in [4.69, 9.17) is 4.74 Å². The molecule has 154 valence electrons. The summed E-state index contributed by atoms with van der Waals surface area (Å²) in [4.78, 5) is 24.1. The van der Waals surface area contributed by atoms with Gasteiger partial charge < -0.3 is 10.1 Å².